The normalized spacial score (nSPS) is 14.9. The average Bonchev–Trinajstić information content (AvgIpc) is 3.35. The molecule has 0 aliphatic carbocycles. The molecule has 0 radical (unpaired) electrons. The molecular formula is C20H20ClN7OS. The van der Waals surface area contributed by atoms with Gasteiger partial charge in [-0.15, -0.1) is 5.10 Å². The number of anilines is 2. The number of halogens is 1. The molecule has 30 heavy (non-hydrogen) atoms. The molecule has 1 N–H and O–H groups in total. The Kier molecular flexibility index (Phi) is 5.14. The molecule has 10 heteroatoms. The summed E-state index contributed by atoms with van der Waals surface area (Å²) >= 11 is 7.52. The highest BCUT2D eigenvalue weighted by molar-refractivity contribution is 7.09. The van der Waals surface area contributed by atoms with Crippen LogP contribution in [0.3, 0.4) is 0 Å². The van der Waals surface area contributed by atoms with Crippen molar-refractivity contribution in [3.05, 3.63) is 53.4 Å². The van der Waals surface area contributed by atoms with E-state index in [1.54, 1.807) is 10.6 Å². The largest absolute Gasteiger partial charge is 0.453 e. The van der Waals surface area contributed by atoms with Gasteiger partial charge in [0, 0.05) is 41.9 Å². The molecule has 154 valence electrons. The first-order valence-corrected chi connectivity index (χ1v) is 10.9. The van der Waals surface area contributed by atoms with Crippen LogP contribution in [-0.2, 0) is 0 Å². The Labute approximate surface area is 182 Å². The number of aromatic nitrogens is 5. The van der Waals surface area contributed by atoms with Gasteiger partial charge in [-0.05, 0) is 50.1 Å². The lowest BCUT2D eigenvalue weighted by Crippen LogP contribution is -2.39. The fraction of sp³-hybridized carbons (Fsp3) is 0.300. The van der Waals surface area contributed by atoms with Crippen LogP contribution < -0.4 is 15.0 Å². The van der Waals surface area contributed by atoms with Gasteiger partial charge in [-0.1, -0.05) is 17.7 Å². The van der Waals surface area contributed by atoms with Crippen LogP contribution in [0.15, 0.2) is 42.6 Å². The second kappa shape index (κ2) is 8.08. The van der Waals surface area contributed by atoms with E-state index in [4.69, 9.17) is 16.3 Å². The first-order valence-electron chi connectivity index (χ1n) is 9.75. The molecule has 0 spiro atoms. The molecule has 0 amide bonds. The topological polar surface area (TPSA) is 80.5 Å². The third-order valence-electron chi connectivity index (χ3n) is 4.97. The van der Waals surface area contributed by atoms with Gasteiger partial charge in [-0.25, -0.2) is 9.50 Å². The van der Waals surface area contributed by atoms with Crippen LogP contribution in [0, 0.1) is 6.92 Å². The standard InChI is InChI=1S/C20H20ClN7OS/c1-13-22-20(30-26-13)27-10-7-15(8-11-27)23-19-24-18-17(6-3-9-28(18)25-19)29-16-5-2-4-14(21)12-16/h2-6,9,12,15H,7-8,10-11H2,1H3,(H,23,25). The van der Waals surface area contributed by atoms with E-state index >= 15 is 0 Å². The van der Waals surface area contributed by atoms with Crippen molar-refractivity contribution in [2.75, 3.05) is 23.3 Å². The Balaban J connectivity index is 1.28. The van der Waals surface area contributed by atoms with Crippen LogP contribution in [0.2, 0.25) is 5.02 Å². The Bertz CT molecular complexity index is 1170. The van der Waals surface area contributed by atoms with Crippen molar-refractivity contribution in [3.63, 3.8) is 0 Å². The van der Waals surface area contributed by atoms with Crippen LogP contribution in [0.25, 0.3) is 5.65 Å². The number of aryl methyl sites for hydroxylation is 1. The van der Waals surface area contributed by atoms with Gasteiger partial charge in [-0.3, -0.25) is 0 Å². The minimum atomic E-state index is 0.310. The fourth-order valence-electron chi connectivity index (χ4n) is 3.49. The lowest BCUT2D eigenvalue weighted by atomic mass is 10.1. The minimum Gasteiger partial charge on any atom is -0.453 e. The number of ether oxygens (including phenoxy) is 1. The molecule has 4 aromatic rings. The number of hydrogen-bond acceptors (Lipinski definition) is 8. The summed E-state index contributed by atoms with van der Waals surface area (Å²) in [6.07, 6.45) is 3.83. The fourth-order valence-corrected chi connectivity index (χ4v) is 4.40. The van der Waals surface area contributed by atoms with E-state index in [9.17, 15) is 0 Å². The summed E-state index contributed by atoms with van der Waals surface area (Å²) in [5.41, 5.74) is 0.654. The molecule has 1 aliphatic rings. The molecule has 0 atom stereocenters. The predicted octanol–water partition coefficient (Wildman–Crippen LogP) is 4.42. The zero-order valence-corrected chi connectivity index (χ0v) is 17.9. The van der Waals surface area contributed by atoms with Gasteiger partial charge in [0.1, 0.15) is 11.6 Å². The number of nitrogens with one attached hydrogen (secondary N) is 1. The number of benzene rings is 1. The van der Waals surface area contributed by atoms with Crippen molar-refractivity contribution in [1.29, 1.82) is 0 Å². The molecule has 5 rings (SSSR count). The average molecular weight is 442 g/mol. The molecule has 1 aromatic carbocycles. The number of rotatable bonds is 5. The van der Waals surface area contributed by atoms with Crippen molar-refractivity contribution >= 4 is 39.9 Å². The number of fused-ring (bicyclic) bond motifs is 1. The number of piperidine rings is 1. The van der Waals surface area contributed by atoms with Crippen molar-refractivity contribution < 1.29 is 4.74 Å². The second-order valence-corrected chi connectivity index (χ2v) is 8.33. The first kappa shape index (κ1) is 19.1. The van der Waals surface area contributed by atoms with Crippen molar-refractivity contribution in [3.8, 4) is 11.5 Å². The lowest BCUT2D eigenvalue weighted by molar-refractivity contribution is 0.484. The molecule has 8 nitrogen and oxygen atoms in total. The summed E-state index contributed by atoms with van der Waals surface area (Å²) in [5.74, 6) is 2.72. The Morgan fingerprint density at radius 3 is 2.80 bits per heavy atom. The number of pyridine rings is 1. The zero-order valence-electron chi connectivity index (χ0n) is 16.3. The molecular weight excluding hydrogens is 422 g/mol. The molecule has 1 aliphatic heterocycles. The Morgan fingerprint density at radius 1 is 1.17 bits per heavy atom. The highest BCUT2D eigenvalue weighted by Crippen LogP contribution is 2.28. The van der Waals surface area contributed by atoms with Gasteiger partial charge in [0.2, 0.25) is 11.1 Å². The molecule has 0 bridgehead atoms. The maximum atomic E-state index is 6.06. The zero-order chi connectivity index (χ0) is 20.5. The predicted molar refractivity (Wildman–Crippen MR) is 118 cm³/mol. The monoisotopic (exact) mass is 441 g/mol. The number of hydrogen-bond donors (Lipinski definition) is 1. The number of nitrogens with zero attached hydrogens (tertiary/aromatic N) is 6. The molecule has 0 saturated carbocycles. The summed E-state index contributed by atoms with van der Waals surface area (Å²) < 4.78 is 12.0. The minimum absolute atomic E-state index is 0.310. The van der Waals surface area contributed by atoms with Gasteiger partial charge in [0.25, 0.3) is 0 Å². The van der Waals surface area contributed by atoms with Crippen LogP contribution >= 0.6 is 23.1 Å². The van der Waals surface area contributed by atoms with Gasteiger partial charge >= 0.3 is 0 Å². The van der Waals surface area contributed by atoms with Gasteiger partial charge in [-0.2, -0.15) is 9.36 Å². The van der Waals surface area contributed by atoms with E-state index in [0.717, 1.165) is 36.9 Å². The first-order chi connectivity index (χ1) is 14.6. The second-order valence-electron chi connectivity index (χ2n) is 7.17. The van der Waals surface area contributed by atoms with Gasteiger partial charge in [0.15, 0.2) is 11.4 Å². The third kappa shape index (κ3) is 4.03. The van der Waals surface area contributed by atoms with Crippen LogP contribution in [0.1, 0.15) is 18.7 Å². The lowest BCUT2D eigenvalue weighted by Gasteiger charge is -2.31. The molecule has 3 aromatic heterocycles. The molecule has 1 saturated heterocycles. The molecule has 0 unspecified atom stereocenters. The molecule has 1 fully saturated rings. The summed E-state index contributed by atoms with van der Waals surface area (Å²) in [5, 5.41) is 9.65. The summed E-state index contributed by atoms with van der Waals surface area (Å²) in [6.45, 7) is 3.79. The van der Waals surface area contributed by atoms with Gasteiger partial charge < -0.3 is 15.0 Å². The maximum absolute atomic E-state index is 6.06. The Morgan fingerprint density at radius 2 is 2.03 bits per heavy atom. The van der Waals surface area contributed by atoms with Crippen molar-refractivity contribution in [2.45, 2.75) is 25.8 Å². The van der Waals surface area contributed by atoms with Gasteiger partial charge in [0.05, 0.1) is 0 Å². The van der Waals surface area contributed by atoms with Crippen LogP contribution in [0.4, 0.5) is 11.1 Å². The van der Waals surface area contributed by atoms with E-state index in [1.807, 2.05) is 43.5 Å². The van der Waals surface area contributed by atoms with E-state index in [1.165, 1.54) is 11.5 Å². The molecule has 4 heterocycles. The van der Waals surface area contributed by atoms with Crippen molar-refractivity contribution in [1.82, 2.24) is 24.0 Å². The smallest absolute Gasteiger partial charge is 0.243 e. The van der Waals surface area contributed by atoms with E-state index in [2.05, 4.69) is 29.7 Å². The summed E-state index contributed by atoms with van der Waals surface area (Å²) in [6, 6.07) is 11.4. The Hall–Kier alpha value is -2.91. The quantitative estimate of drug-likeness (QED) is 0.491. The summed E-state index contributed by atoms with van der Waals surface area (Å²) in [4.78, 5) is 11.4. The van der Waals surface area contributed by atoms with E-state index in [-0.39, 0.29) is 0 Å². The SMILES string of the molecule is Cc1nsc(N2CCC(Nc3nc4c(Oc5cccc(Cl)c5)cccn4n3)CC2)n1. The maximum Gasteiger partial charge on any atom is 0.243 e. The van der Waals surface area contributed by atoms with Crippen LogP contribution in [-0.4, -0.2) is 43.1 Å². The highest BCUT2D eigenvalue weighted by Gasteiger charge is 2.22. The van der Waals surface area contributed by atoms with E-state index < -0.39 is 0 Å². The van der Waals surface area contributed by atoms with Crippen molar-refractivity contribution in [2.24, 2.45) is 0 Å². The van der Waals surface area contributed by atoms with Crippen LogP contribution in [0.5, 0.6) is 11.5 Å². The summed E-state index contributed by atoms with van der Waals surface area (Å²) in [7, 11) is 0. The van der Waals surface area contributed by atoms with E-state index in [0.29, 0.717) is 34.2 Å². The third-order valence-corrected chi connectivity index (χ3v) is 6.07. The highest BCUT2D eigenvalue weighted by atomic mass is 35.5.